The van der Waals surface area contributed by atoms with Crippen molar-refractivity contribution in [3.05, 3.63) is 58.8 Å². The van der Waals surface area contributed by atoms with Gasteiger partial charge in [-0.1, -0.05) is 25.3 Å². The summed E-state index contributed by atoms with van der Waals surface area (Å²) in [4.78, 5) is 8.48. The van der Waals surface area contributed by atoms with Gasteiger partial charge >= 0.3 is 0 Å². The fourth-order valence-corrected chi connectivity index (χ4v) is 4.09. The highest BCUT2D eigenvalue weighted by molar-refractivity contribution is 5.56. The van der Waals surface area contributed by atoms with Gasteiger partial charge in [0.15, 0.2) is 11.6 Å². The van der Waals surface area contributed by atoms with Crippen LogP contribution in [0.4, 0.5) is 16.0 Å². The lowest BCUT2D eigenvalue weighted by molar-refractivity contribution is 0.372. The third kappa shape index (κ3) is 4.84. The molecular weight excluding hydrogens is 379 g/mol. The summed E-state index contributed by atoms with van der Waals surface area (Å²) in [5, 5.41) is 11.3. The Labute approximate surface area is 177 Å². The summed E-state index contributed by atoms with van der Waals surface area (Å²) in [5.41, 5.74) is 5.08. The third-order valence-corrected chi connectivity index (χ3v) is 5.61. The summed E-state index contributed by atoms with van der Waals surface area (Å²) < 4.78 is 16.0. The maximum atomic E-state index is 14.5. The van der Waals surface area contributed by atoms with Gasteiger partial charge in [0.1, 0.15) is 0 Å². The van der Waals surface area contributed by atoms with E-state index in [0.29, 0.717) is 12.0 Å². The maximum Gasteiger partial charge on any atom is 0.229 e. The second-order valence-corrected chi connectivity index (χ2v) is 8.27. The molecule has 0 unspecified atom stereocenters. The Bertz CT molecular complexity index is 1000. The maximum absolute atomic E-state index is 14.5. The molecule has 1 fully saturated rings. The van der Waals surface area contributed by atoms with Gasteiger partial charge in [-0.2, -0.15) is 10.1 Å². The molecule has 0 amide bonds. The summed E-state index contributed by atoms with van der Waals surface area (Å²) in [5.74, 6) is -0.0226. The molecule has 0 bridgehead atoms. The number of rotatable bonds is 6. The fourth-order valence-electron chi connectivity index (χ4n) is 4.09. The van der Waals surface area contributed by atoms with Crippen molar-refractivity contribution in [1.82, 2.24) is 25.1 Å². The van der Waals surface area contributed by atoms with Gasteiger partial charge in [0.05, 0.1) is 11.9 Å². The molecule has 1 saturated carbocycles. The Hall–Kier alpha value is -2.80. The quantitative estimate of drug-likeness (QED) is 0.608. The first-order valence-corrected chi connectivity index (χ1v) is 10.6. The van der Waals surface area contributed by atoms with E-state index in [-0.39, 0.29) is 5.82 Å². The van der Waals surface area contributed by atoms with Crippen molar-refractivity contribution in [3.63, 3.8) is 0 Å². The molecule has 7 heteroatoms. The molecule has 1 aromatic carbocycles. The highest BCUT2D eigenvalue weighted by atomic mass is 19.1. The average molecular weight is 409 g/mol. The Morgan fingerprint density at radius 3 is 2.53 bits per heavy atom. The molecule has 0 radical (unpaired) electrons. The number of nitrogens with zero attached hydrogens (tertiary/aromatic N) is 4. The molecule has 0 atom stereocenters. The van der Waals surface area contributed by atoms with Crippen molar-refractivity contribution >= 4 is 11.6 Å². The predicted octanol–water partition coefficient (Wildman–Crippen LogP) is 4.89. The standard InChI is InChI=1S/C23H29FN6/c1-15-9-16(2)11-20(10-15)27-23-26-13-21(24)22(28-23)30-14-18(17(3)29-30)12-25-19-7-5-4-6-8-19/h9-11,13-14,19,25H,4-8,12H2,1-3H3,(H,26,27,28). The van der Waals surface area contributed by atoms with E-state index in [9.17, 15) is 4.39 Å². The van der Waals surface area contributed by atoms with Gasteiger partial charge in [0, 0.05) is 30.0 Å². The molecule has 4 rings (SSSR count). The number of halogens is 1. The van der Waals surface area contributed by atoms with Crippen LogP contribution in [0.25, 0.3) is 5.82 Å². The van der Waals surface area contributed by atoms with Crippen LogP contribution >= 0.6 is 0 Å². The van der Waals surface area contributed by atoms with Crippen molar-refractivity contribution in [2.45, 2.75) is 65.5 Å². The molecule has 2 N–H and O–H groups in total. The molecule has 2 heterocycles. The van der Waals surface area contributed by atoms with Crippen LogP contribution in [0, 0.1) is 26.6 Å². The minimum absolute atomic E-state index is 0.142. The van der Waals surface area contributed by atoms with Gasteiger partial charge in [-0.3, -0.25) is 0 Å². The van der Waals surface area contributed by atoms with E-state index >= 15 is 0 Å². The Kier molecular flexibility index (Phi) is 6.08. The molecular formula is C23H29FN6. The summed E-state index contributed by atoms with van der Waals surface area (Å²) in [6.45, 7) is 6.74. The van der Waals surface area contributed by atoms with E-state index in [1.807, 2.05) is 39.1 Å². The molecule has 3 aromatic rings. The number of benzene rings is 1. The number of aromatic nitrogens is 4. The first kappa shape index (κ1) is 20.5. The smallest absolute Gasteiger partial charge is 0.229 e. The zero-order valence-corrected chi connectivity index (χ0v) is 17.9. The second kappa shape index (κ2) is 8.92. The third-order valence-electron chi connectivity index (χ3n) is 5.61. The SMILES string of the molecule is Cc1cc(C)cc(Nc2ncc(F)c(-n3cc(CNC4CCCCC4)c(C)n3)n2)c1. The van der Waals surface area contributed by atoms with Crippen LogP contribution in [0.5, 0.6) is 0 Å². The summed E-state index contributed by atoms with van der Waals surface area (Å²) in [7, 11) is 0. The molecule has 158 valence electrons. The number of hydrogen-bond donors (Lipinski definition) is 2. The lowest BCUT2D eigenvalue weighted by Gasteiger charge is -2.22. The number of nitrogens with one attached hydrogen (secondary N) is 2. The molecule has 0 aliphatic heterocycles. The highest BCUT2D eigenvalue weighted by Crippen LogP contribution is 2.21. The van der Waals surface area contributed by atoms with Crippen LogP contribution in [0.15, 0.2) is 30.6 Å². The summed E-state index contributed by atoms with van der Waals surface area (Å²) in [6, 6.07) is 6.67. The van der Waals surface area contributed by atoms with Crippen LogP contribution in [0.3, 0.4) is 0 Å². The van der Waals surface area contributed by atoms with Gasteiger partial charge in [0.25, 0.3) is 0 Å². The van der Waals surface area contributed by atoms with E-state index in [4.69, 9.17) is 0 Å². The predicted molar refractivity (Wildman–Crippen MR) is 117 cm³/mol. The highest BCUT2D eigenvalue weighted by Gasteiger charge is 2.16. The Morgan fingerprint density at radius 2 is 1.80 bits per heavy atom. The van der Waals surface area contributed by atoms with Crippen molar-refractivity contribution in [2.24, 2.45) is 0 Å². The topological polar surface area (TPSA) is 67.7 Å². The summed E-state index contributed by atoms with van der Waals surface area (Å²) in [6.07, 6.45) is 9.40. The van der Waals surface area contributed by atoms with E-state index in [2.05, 4.69) is 31.8 Å². The minimum Gasteiger partial charge on any atom is -0.324 e. The van der Waals surface area contributed by atoms with Gasteiger partial charge in [-0.25, -0.2) is 14.1 Å². The van der Waals surface area contributed by atoms with Crippen LogP contribution < -0.4 is 10.6 Å². The van der Waals surface area contributed by atoms with Crippen molar-refractivity contribution in [1.29, 1.82) is 0 Å². The molecule has 1 aliphatic carbocycles. The molecule has 6 nitrogen and oxygen atoms in total. The monoisotopic (exact) mass is 408 g/mol. The summed E-state index contributed by atoms with van der Waals surface area (Å²) >= 11 is 0. The Balaban J connectivity index is 1.52. The minimum atomic E-state index is -0.504. The van der Waals surface area contributed by atoms with Crippen LogP contribution in [-0.4, -0.2) is 25.8 Å². The molecule has 0 spiro atoms. The van der Waals surface area contributed by atoms with Gasteiger partial charge in [-0.15, -0.1) is 0 Å². The number of aryl methyl sites for hydroxylation is 3. The van der Waals surface area contributed by atoms with Gasteiger partial charge in [-0.05, 0) is 56.9 Å². The van der Waals surface area contributed by atoms with E-state index in [1.165, 1.54) is 43.0 Å². The fraction of sp³-hybridized carbons (Fsp3) is 0.435. The van der Waals surface area contributed by atoms with Crippen molar-refractivity contribution in [2.75, 3.05) is 5.32 Å². The van der Waals surface area contributed by atoms with Gasteiger partial charge < -0.3 is 10.6 Å². The van der Waals surface area contributed by atoms with Crippen LogP contribution in [-0.2, 0) is 6.54 Å². The normalized spacial score (nSPS) is 14.8. The van der Waals surface area contributed by atoms with Gasteiger partial charge in [0.2, 0.25) is 5.95 Å². The lowest BCUT2D eigenvalue weighted by atomic mass is 9.95. The molecule has 2 aromatic heterocycles. The lowest BCUT2D eigenvalue weighted by Crippen LogP contribution is -2.30. The van der Waals surface area contributed by atoms with Crippen LogP contribution in [0.2, 0.25) is 0 Å². The van der Waals surface area contributed by atoms with E-state index in [1.54, 1.807) is 0 Å². The van der Waals surface area contributed by atoms with Crippen molar-refractivity contribution in [3.8, 4) is 5.82 Å². The molecule has 30 heavy (non-hydrogen) atoms. The largest absolute Gasteiger partial charge is 0.324 e. The van der Waals surface area contributed by atoms with Crippen molar-refractivity contribution < 1.29 is 4.39 Å². The number of anilines is 2. The van der Waals surface area contributed by atoms with Crippen LogP contribution in [0.1, 0.15) is 54.5 Å². The first-order valence-electron chi connectivity index (χ1n) is 10.6. The zero-order chi connectivity index (χ0) is 21.1. The second-order valence-electron chi connectivity index (χ2n) is 8.27. The van der Waals surface area contributed by atoms with E-state index < -0.39 is 5.82 Å². The molecule has 0 saturated heterocycles. The number of hydrogen-bond acceptors (Lipinski definition) is 5. The molecule has 1 aliphatic rings. The first-order chi connectivity index (χ1) is 14.5. The zero-order valence-electron chi connectivity index (χ0n) is 17.9. The van der Waals surface area contributed by atoms with E-state index in [0.717, 1.165) is 34.6 Å². The average Bonchev–Trinajstić information content (AvgIpc) is 3.08. The Morgan fingerprint density at radius 1 is 1.07 bits per heavy atom.